The molecule has 0 aromatic heterocycles. The van der Waals surface area contributed by atoms with E-state index < -0.39 is 54.5 Å². The lowest BCUT2D eigenvalue weighted by Gasteiger charge is -2.45. The first-order valence-electron chi connectivity index (χ1n) is 12.5. The summed E-state index contributed by atoms with van der Waals surface area (Å²) in [7, 11) is 0. The number of ether oxygens (including phenoxy) is 3. The number of carbonyl (C=O) groups excluding carboxylic acids is 1. The van der Waals surface area contributed by atoms with Gasteiger partial charge in [0.2, 0.25) is 5.91 Å². The van der Waals surface area contributed by atoms with Crippen LogP contribution in [0, 0.1) is 12.3 Å². The van der Waals surface area contributed by atoms with Crippen molar-refractivity contribution in [3.05, 3.63) is 34.9 Å². The average molecular weight is 557 g/mol. The fraction of sp³-hybridized carbons (Fsp3) is 0.615. The molecule has 0 aliphatic carbocycles. The molecule has 0 saturated carbocycles. The quantitative estimate of drug-likeness (QED) is 0.122. The molecule has 2 rings (SSSR count). The van der Waals surface area contributed by atoms with E-state index in [9.17, 15) is 30.0 Å². The molecule has 1 aliphatic heterocycles. The number of terminal acetylenes is 1. The zero-order chi connectivity index (χ0) is 28.1. The molecule has 1 heterocycles. The topological polar surface area (TPSA) is 181 Å². The molecule has 6 atom stereocenters. The Morgan fingerprint density at radius 3 is 2.50 bits per heavy atom. The van der Waals surface area contributed by atoms with Crippen LogP contribution in [0.5, 0.6) is 0 Å². The van der Waals surface area contributed by atoms with Crippen molar-refractivity contribution in [2.45, 2.75) is 74.8 Å². The van der Waals surface area contributed by atoms with Crippen molar-refractivity contribution in [2.24, 2.45) is 5.73 Å². The van der Waals surface area contributed by atoms with Crippen LogP contribution in [0.1, 0.15) is 37.7 Å². The van der Waals surface area contributed by atoms with Crippen LogP contribution in [-0.4, -0.2) is 94.9 Å². The minimum Gasteiger partial charge on any atom is -0.477 e. The van der Waals surface area contributed by atoms with Gasteiger partial charge >= 0.3 is 5.97 Å². The van der Waals surface area contributed by atoms with Crippen LogP contribution in [-0.2, 0) is 30.2 Å². The number of rotatable bonds is 16. The van der Waals surface area contributed by atoms with Gasteiger partial charge in [-0.3, -0.25) is 4.79 Å². The van der Waals surface area contributed by atoms with Crippen molar-refractivity contribution in [2.75, 3.05) is 26.4 Å². The van der Waals surface area contributed by atoms with Gasteiger partial charge in [0.25, 0.3) is 5.79 Å². The highest BCUT2D eigenvalue weighted by molar-refractivity contribution is 6.30. The fourth-order valence-corrected chi connectivity index (χ4v) is 4.13. The lowest BCUT2D eigenvalue weighted by Crippen LogP contribution is -2.66. The molecule has 0 spiro atoms. The Kier molecular flexibility index (Phi) is 13.4. The smallest absolute Gasteiger partial charge is 0.364 e. The minimum absolute atomic E-state index is 0.0194. The van der Waals surface area contributed by atoms with Crippen molar-refractivity contribution in [3.8, 4) is 12.3 Å². The number of nitrogens with two attached hydrogens (primary N) is 1. The van der Waals surface area contributed by atoms with Gasteiger partial charge in [-0.2, -0.15) is 0 Å². The van der Waals surface area contributed by atoms with Crippen LogP contribution in [0.2, 0.25) is 5.02 Å². The van der Waals surface area contributed by atoms with Gasteiger partial charge in [-0.15, -0.1) is 6.42 Å². The number of unbranched alkanes of at least 4 members (excludes halogenated alkanes) is 3. The molecular weight excluding hydrogens is 520 g/mol. The summed E-state index contributed by atoms with van der Waals surface area (Å²) in [6, 6.07) is 5.45. The molecule has 1 aliphatic rings. The second-order valence-electron chi connectivity index (χ2n) is 9.17. The Balaban J connectivity index is 1.89. The molecule has 212 valence electrons. The van der Waals surface area contributed by atoms with Gasteiger partial charge in [-0.25, -0.2) is 4.79 Å². The first kappa shape index (κ1) is 31.9. The van der Waals surface area contributed by atoms with E-state index in [0.29, 0.717) is 23.6 Å². The summed E-state index contributed by atoms with van der Waals surface area (Å²) in [6.45, 7) is 0.443. The number of benzene rings is 1. The van der Waals surface area contributed by atoms with Crippen LogP contribution >= 0.6 is 11.6 Å². The Morgan fingerprint density at radius 2 is 1.87 bits per heavy atom. The number of halogens is 1. The highest BCUT2D eigenvalue weighted by Gasteiger charge is 2.54. The molecule has 1 fully saturated rings. The normalized spacial score (nSPS) is 24.8. The number of aliphatic carboxylic acids is 1. The third-order valence-corrected chi connectivity index (χ3v) is 6.43. The average Bonchev–Trinajstić information content (AvgIpc) is 2.89. The number of amides is 1. The highest BCUT2D eigenvalue weighted by atomic mass is 35.5. The van der Waals surface area contributed by atoms with Crippen molar-refractivity contribution in [1.82, 2.24) is 5.32 Å². The van der Waals surface area contributed by atoms with E-state index >= 15 is 0 Å². The Morgan fingerprint density at radius 1 is 1.21 bits per heavy atom. The highest BCUT2D eigenvalue weighted by Crippen LogP contribution is 2.33. The second kappa shape index (κ2) is 16.0. The summed E-state index contributed by atoms with van der Waals surface area (Å²) in [5.41, 5.74) is 6.68. The molecule has 0 radical (unpaired) electrons. The van der Waals surface area contributed by atoms with Crippen LogP contribution in [0.25, 0.3) is 0 Å². The van der Waals surface area contributed by atoms with E-state index in [1.165, 1.54) is 0 Å². The lowest BCUT2D eigenvalue weighted by molar-refractivity contribution is -0.308. The standard InChI is InChI=1S/C26H37ClN2O9/c1-2-11-36-12-5-3-4-6-13-37-26(25(34)35)15-19(30)22(28)24(38-26)23(33)20(31)16-29-21(32)14-17-7-9-18(27)10-8-17/h1,7-10,19-20,22-24,30-31,33H,3-6,11-16,28H2,(H,29,32)(H,34,35)/t19-,20+,22+,23+,24+,26+/m0/s1. The van der Waals surface area contributed by atoms with Crippen molar-refractivity contribution >= 4 is 23.5 Å². The van der Waals surface area contributed by atoms with E-state index in [4.69, 9.17) is 38.0 Å². The van der Waals surface area contributed by atoms with Gasteiger partial charge in [0.15, 0.2) is 0 Å². The van der Waals surface area contributed by atoms with Gasteiger partial charge in [-0.1, -0.05) is 42.5 Å². The molecule has 1 aromatic carbocycles. The third kappa shape index (κ3) is 9.80. The fourth-order valence-electron chi connectivity index (χ4n) is 4.00. The number of aliphatic hydroxyl groups excluding tert-OH is 3. The summed E-state index contributed by atoms with van der Waals surface area (Å²) in [5, 5.41) is 44.5. The largest absolute Gasteiger partial charge is 0.477 e. The molecular formula is C26H37ClN2O9. The number of aliphatic hydroxyl groups is 3. The zero-order valence-electron chi connectivity index (χ0n) is 21.1. The predicted molar refractivity (Wildman–Crippen MR) is 138 cm³/mol. The van der Waals surface area contributed by atoms with Crippen LogP contribution in [0.15, 0.2) is 24.3 Å². The molecule has 1 amide bonds. The molecule has 7 N–H and O–H groups in total. The van der Waals surface area contributed by atoms with Gasteiger partial charge < -0.3 is 45.7 Å². The maximum atomic E-state index is 12.2. The van der Waals surface area contributed by atoms with Crippen molar-refractivity contribution in [1.29, 1.82) is 0 Å². The maximum Gasteiger partial charge on any atom is 0.364 e. The monoisotopic (exact) mass is 556 g/mol. The number of nitrogens with one attached hydrogen (secondary N) is 1. The molecule has 12 heteroatoms. The Hall–Kier alpha value is -2.27. The summed E-state index contributed by atoms with van der Waals surface area (Å²) in [4.78, 5) is 24.3. The van der Waals surface area contributed by atoms with Gasteiger partial charge in [0, 0.05) is 24.6 Å². The Bertz CT molecular complexity index is 926. The molecule has 0 bridgehead atoms. The number of hydrogen-bond donors (Lipinski definition) is 6. The first-order chi connectivity index (χ1) is 18.1. The first-order valence-corrected chi connectivity index (χ1v) is 12.8. The third-order valence-electron chi connectivity index (χ3n) is 6.17. The number of carboxylic acids is 1. The summed E-state index contributed by atoms with van der Waals surface area (Å²) < 4.78 is 16.4. The van der Waals surface area contributed by atoms with E-state index in [1.54, 1.807) is 24.3 Å². The minimum atomic E-state index is -2.26. The van der Waals surface area contributed by atoms with Gasteiger partial charge in [-0.05, 0) is 30.5 Å². The second-order valence-corrected chi connectivity index (χ2v) is 9.61. The lowest BCUT2D eigenvalue weighted by atomic mass is 9.89. The molecule has 11 nitrogen and oxygen atoms in total. The van der Waals surface area contributed by atoms with Gasteiger partial charge in [0.1, 0.15) is 18.8 Å². The number of carbonyl (C=O) groups is 2. The van der Waals surface area contributed by atoms with Crippen LogP contribution in [0.3, 0.4) is 0 Å². The summed E-state index contributed by atoms with van der Waals surface area (Å²) >= 11 is 5.83. The zero-order valence-corrected chi connectivity index (χ0v) is 21.9. The van der Waals surface area contributed by atoms with E-state index in [2.05, 4.69) is 11.2 Å². The maximum absolute atomic E-state index is 12.2. The molecule has 0 unspecified atom stereocenters. The molecule has 38 heavy (non-hydrogen) atoms. The number of carboxylic acid groups (broad SMARTS) is 1. The predicted octanol–water partition coefficient (Wildman–Crippen LogP) is 0.205. The van der Waals surface area contributed by atoms with Crippen LogP contribution < -0.4 is 11.1 Å². The summed E-state index contributed by atoms with van der Waals surface area (Å²) in [5.74, 6) is -1.78. The summed E-state index contributed by atoms with van der Waals surface area (Å²) in [6.07, 6.45) is 1.38. The van der Waals surface area contributed by atoms with Crippen molar-refractivity contribution in [3.63, 3.8) is 0 Å². The van der Waals surface area contributed by atoms with Crippen LogP contribution in [0.4, 0.5) is 0 Å². The van der Waals surface area contributed by atoms with E-state index in [0.717, 1.165) is 19.3 Å². The SMILES string of the molecule is C#CCOCCCCCCO[C@]1(C(=O)O)C[C@H](O)[C@@H](N)[C@H]([C@H](O)[C@H](O)CNC(=O)Cc2ccc(Cl)cc2)O1. The number of hydrogen-bond acceptors (Lipinski definition) is 9. The Labute approximate surface area is 227 Å². The van der Waals surface area contributed by atoms with E-state index in [-0.39, 0.29) is 26.2 Å². The van der Waals surface area contributed by atoms with Crippen molar-refractivity contribution < 1.29 is 44.2 Å². The van der Waals surface area contributed by atoms with E-state index in [1.807, 2.05) is 0 Å². The van der Waals surface area contributed by atoms with Gasteiger partial charge in [0.05, 0.1) is 31.3 Å². The molecule has 1 saturated heterocycles. The molecule has 1 aromatic rings.